The third kappa shape index (κ3) is 3.32. The van der Waals surface area contributed by atoms with Crippen LogP contribution in [0, 0.1) is 15.9 Å². The van der Waals surface area contributed by atoms with E-state index in [1.54, 1.807) is 24.3 Å². The van der Waals surface area contributed by atoms with Gasteiger partial charge in [0.05, 0.1) is 16.3 Å². The number of hydrogen-bond donors (Lipinski definition) is 1. The summed E-state index contributed by atoms with van der Waals surface area (Å²) in [5, 5.41) is 10.9. The van der Waals surface area contributed by atoms with E-state index >= 15 is 0 Å². The average molecular weight is 359 g/mol. The quantitative estimate of drug-likeness (QED) is 0.388. The van der Waals surface area contributed by atoms with Crippen molar-refractivity contribution in [1.82, 2.24) is 9.97 Å². The number of halogens is 1. The molecule has 1 aromatic heterocycles. The van der Waals surface area contributed by atoms with Crippen molar-refractivity contribution in [3.05, 3.63) is 94.8 Å². The zero-order chi connectivity index (χ0) is 18.8. The van der Waals surface area contributed by atoms with Gasteiger partial charge in [0.25, 0.3) is 5.69 Å². The summed E-state index contributed by atoms with van der Waals surface area (Å²) < 4.78 is 13.3. The first-order valence-corrected chi connectivity index (χ1v) is 8.28. The minimum absolute atomic E-state index is 0.0207. The Kier molecular flexibility index (Phi) is 4.22. The lowest BCUT2D eigenvalue weighted by Crippen LogP contribution is -1.88. The molecule has 6 heteroatoms. The SMILES string of the molecule is O=[N+]([O-])c1ccc(-c2nc(-c3ccccc3)c(-c3ccc(F)cc3)[nH]2)cc1. The maximum atomic E-state index is 13.3. The summed E-state index contributed by atoms with van der Waals surface area (Å²) in [6, 6.07) is 22.0. The zero-order valence-electron chi connectivity index (χ0n) is 14.1. The average Bonchev–Trinajstić information content (AvgIpc) is 3.15. The maximum Gasteiger partial charge on any atom is 0.269 e. The van der Waals surface area contributed by atoms with E-state index in [2.05, 4.69) is 4.98 Å². The predicted molar refractivity (Wildman–Crippen MR) is 102 cm³/mol. The highest BCUT2D eigenvalue weighted by atomic mass is 19.1. The van der Waals surface area contributed by atoms with Gasteiger partial charge in [-0.25, -0.2) is 9.37 Å². The molecule has 0 saturated heterocycles. The fraction of sp³-hybridized carbons (Fsp3) is 0. The van der Waals surface area contributed by atoms with Crippen molar-refractivity contribution in [3.8, 4) is 33.9 Å². The van der Waals surface area contributed by atoms with Gasteiger partial charge in [0.15, 0.2) is 0 Å². The van der Waals surface area contributed by atoms with Crippen molar-refractivity contribution in [1.29, 1.82) is 0 Å². The molecule has 0 spiro atoms. The minimum Gasteiger partial charge on any atom is -0.337 e. The number of H-pyrrole nitrogens is 1. The number of rotatable bonds is 4. The second-order valence-corrected chi connectivity index (χ2v) is 5.99. The number of imidazole rings is 1. The number of aromatic amines is 1. The monoisotopic (exact) mass is 359 g/mol. The summed E-state index contributed by atoms with van der Waals surface area (Å²) in [6.07, 6.45) is 0. The van der Waals surface area contributed by atoms with Gasteiger partial charge in [-0.05, 0) is 36.4 Å². The summed E-state index contributed by atoms with van der Waals surface area (Å²) in [5.74, 6) is 0.276. The largest absolute Gasteiger partial charge is 0.337 e. The van der Waals surface area contributed by atoms with E-state index < -0.39 is 4.92 Å². The van der Waals surface area contributed by atoms with Crippen LogP contribution >= 0.6 is 0 Å². The first kappa shape index (κ1) is 16.7. The van der Waals surface area contributed by atoms with Gasteiger partial charge in [0.2, 0.25) is 0 Å². The van der Waals surface area contributed by atoms with Gasteiger partial charge >= 0.3 is 0 Å². The van der Waals surface area contributed by atoms with E-state index in [0.29, 0.717) is 5.82 Å². The smallest absolute Gasteiger partial charge is 0.269 e. The molecular formula is C21H14FN3O2. The highest BCUT2D eigenvalue weighted by Crippen LogP contribution is 2.33. The Morgan fingerprint density at radius 1 is 0.815 bits per heavy atom. The fourth-order valence-electron chi connectivity index (χ4n) is 2.88. The molecule has 0 amide bonds. The van der Waals surface area contributed by atoms with Gasteiger partial charge in [-0.1, -0.05) is 30.3 Å². The Hall–Kier alpha value is -3.80. The van der Waals surface area contributed by atoms with Crippen molar-refractivity contribution in [3.63, 3.8) is 0 Å². The first-order valence-electron chi connectivity index (χ1n) is 8.28. The highest BCUT2D eigenvalue weighted by molar-refractivity contribution is 5.81. The lowest BCUT2D eigenvalue weighted by molar-refractivity contribution is -0.384. The maximum absolute atomic E-state index is 13.3. The summed E-state index contributed by atoms with van der Waals surface area (Å²) in [7, 11) is 0. The number of benzene rings is 3. The molecule has 1 heterocycles. The van der Waals surface area contributed by atoms with E-state index in [0.717, 1.165) is 28.1 Å². The molecule has 4 aromatic rings. The second kappa shape index (κ2) is 6.84. The molecule has 1 N–H and O–H groups in total. The Balaban J connectivity index is 1.84. The molecule has 0 atom stereocenters. The molecule has 0 fully saturated rings. The molecule has 3 aromatic carbocycles. The molecule has 0 saturated carbocycles. The van der Waals surface area contributed by atoms with Crippen LogP contribution in [0.25, 0.3) is 33.9 Å². The second-order valence-electron chi connectivity index (χ2n) is 5.99. The van der Waals surface area contributed by atoms with E-state index in [4.69, 9.17) is 4.98 Å². The van der Waals surface area contributed by atoms with Gasteiger partial charge in [0, 0.05) is 28.8 Å². The van der Waals surface area contributed by atoms with Crippen LogP contribution in [0.1, 0.15) is 0 Å². The standard InChI is InChI=1S/C21H14FN3O2/c22-17-10-6-15(7-11-17)20-19(14-4-2-1-3-5-14)23-21(24-20)16-8-12-18(13-9-16)25(26)27/h1-13H,(H,23,24). The number of hydrogen-bond acceptors (Lipinski definition) is 3. The molecule has 5 nitrogen and oxygen atoms in total. The molecule has 0 aliphatic heterocycles. The molecule has 0 aliphatic carbocycles. The molecule has 0 unspecified atom stereocenters. The van der Waals surface area contributed by atoms with E-state index in [9.17, 15) is 14.5 Å². The highest BCUT2D eigenvalue weighted by Gasteiger charge is 2.16. The van der Waals surface area contributed by atoms with Crippen LogP contribution in [0.5, 0.6) is 0 Å². The summed E-state index contributed by atoms with van der Waals surface area (Å²) in [5.41, 5.74) is 3.96. The van der Waals surface area contributed by atoms with Crippen LogP contribution in [0.4, 0.5) is 10.1 Å². The topological polar surface area (TPSA) is 71.8 Å². The number of non-ortho nitro benzene ring substituents is 1. The van der Waals surface area contributed by atoms with Crippen LogP contribution in [0.2, 0.25) is 0 Å². The third-order valence-electron chi connectivity index (χ3n) is 4.24. The third-order valence-corrected chi connectivity index (χ3v) is 4.24. The van der Waals surface area contributed by atoms with Gasteiger partial charge in [-0.15, -0.1) is 0 Å². The first-order chi connectivity index (χ1) is 13.1. The molecular weight excluding hydrogens is 345 g/mol. The molecule has 27 heavy (non-hydrogen) atoms. The number of nitrogens with zero attached hydrogens (tertiary/aromatic N) is 2. The Bertz CT molecular complexity index is 1090. The summed E-state index contributed by atoms with van der Waals surface area (Å²) >= 11 is 0. The molecule has 0 radical (unpaired) electrons. The van der Waals surface area contributed by atoms with Crippen molar-refractivity contribution >= 4 is 5.69 Å². The van der Waals surface area contributed by atoms with Gasteiger partial charge in [-0.3, -0.25) is 10.1 Å². The van der Waals surface area contributed by atoms with Gasteiger partial charge in [0.1, 0.15) is 11.6 Å². The Morgan fingerprint density at radius 2 is 1.44 bits per heavy atom. The Labute approximate surface area is 154 Å². The fourth-order valence-corrected chi connectivity index (χ4v) is 2.88. The number of nitrogens with one attached hydrogen (secondary N) is 1. The van der Waals surface area contributed by atoms with Crippen LogP contribution in [-0.4, -0.2) is 14.9 Å². The van der Waals surface area contributed by atoms with Gasteiger partial charge in [-0.2, -0.15) is 0 Å². The van der Waals surface area contributed by atoms with Crippen LogP contribution in [-0.2, 0) is 0 Å². The number of aromatic nitrogens is 2. The van der Waals surface area contributed by atoms with Crippen LogP contribution in [0.15, 0.2) is 78.9 Å². The van der Waals surface area contributed by atoms with Crippen molar-refractivity contribution in [2.45, 2.75) is 0 Å². The predicted octanol–water partition coefficient (Wildman–Crippen LogP) is 5.46. The number of nitro groups is 1. The van der Waals surface area contributed by atoms with Gasteiger partial charge < -0.3 is 4.98 Å². The van der Waals surface area contributed by atoms with Crippen molar-refractivity contribution in [2.24, 2.45) is 0 Å². The summed E-state index contributed by atoms with van der Waals surface area (Å²) in [4.78, 5) is 18.4. The molecule has 0 bridgehead atoms. The summed E-state index contributed by atoms with van der Waals surface area (Å²) in [6.45, 7) is 0. The van der Waals surface area contributed by atoms with Crippen LogP contribution in [0.3, 0.4) is 0 Å². The number of nitro benzene ring substituents is 1. The van der Waals surface area contributed by atoms with E-state index in [-0.39, 0.29) is 11.5 Å². The van der Waals surface area contributed by atoms with Crippen LogP contribution < -0.4 is 0 Å². The molecule has 4 rings (SSSR count). The van der Waals surface area contributed by atoms with Crippen molar-refractivity contribution in [2.75, 3.05) is 0 Å². The molecule has 0 aliphatic rings. The lowest BCUT2D eigenvalue weighted by atomic mass is 10.1. The van der Waals surface area contributed by atoms with Crippen molar-refractivity contribution < 1.29 is 9.31 Å². The van der Waals surface area contributed by atoms with E-state index in [1.807, 2.05) is 30.3 Å². The van der Waals surface area contributed by atoms with E-state index in [1.165, 1.54) is 24.3 Å². The normalized spacial score (nSPS) is 10.7. The Morgan fingerprint density at radius 3 is 2.07 bits per heavy atom. The zero-order valence-corrected chi connectivity index (χ0v) is 14.1. The minimum atomic E-state index is -0.439. The molecule has 132 valence electrons. The lowest BCUT2D eigenvalue weighted by Gasteiger charge is -2.03.